The molecule has 2 aromatic rings. The van der Waals surface area contributed by atoms with E-state index in [-0.39, 0.29) is 0 Å². The van der Waals surface area contributed by atoms with Gasteiger partial charge in [-0.1, -0.05) is 11.6 Å². The second-order valence-electron chi connectivity index (χ2n) is 4.37. The predicted molar refractivity (Wildman–Crippen MR) is 74.5 cm³/mol. The summed E-state index contributed by atoms with van der Waals surface area (Å²) in [5.41, 5.74) is 0.704. The maximum Gasteiger partial charge on any atom is 0.125 e. The summed E-state index contributed by atoms with van der Waals surface area (Å²) in [6.07, 6.45) is 3.07. The molecule has 0 aliphatic heterocycles. The minimum Gasteiger partial charge on any atom is -0.491 e. The number of nitrogens with zero attached hydrogens (tertiary/aromatic N) is 2. The highest BCUT2D eigenvalue weighted by molar-refractivity contribution is 6.30. The number of hydrogen-bond acceptors (Lipinski definition) is 3. The summed E-state index contributed by atoms with van der Waals surface area (Å²) in [4.78, 5) is 4.15. The van der Waals surface area contributed by atoms with E-state index in [1.54, 1.807) is 31.3 Å². The average Bonchev–Trinajstić information content (AvgIpc) is 2.77. The molecule has 0 aliphatic rings. The fourth-order valence-corrected chi connectivity index (χ4v) is 2.05. The Hall–Kier alpha value is -1.52. The Bertz CT molecular complexity index is 552. The van der Waals surface area contributed by atoms with Crippen molar-refractivity contribution in [2.75, 3.05) is 6.61 Å². The maximum absolute atomic E-state index is 9.70. The molecule has 1 aromatic carbocycles. The molecule has 0 aliphatic carbocycles. The summed E-state index contributed by atoms with van der Waals surface area (Å²) in [7, 11) is 0. The van der Waals surface area contributed by atoms with Crippen LogP contribution in [-0.4, -0.2) is 21.3 Å². The number of benzene rings is 1. The van der Waals surface area contributed by atoms with Gasteiger partial charge in [-0.2, -0.15) is 0 Å². The molecule has 0 saturated heterocycles. The fraction of sp³-hybridized carbons (Fsp3) is 0.357. The highest BCUT2D eigenvalue weighted by Gasteiger charge is 2.10. The second-order valence-corrected chi connectivity index (χ2v) is 4.81. The number of aromatic nitrogens is 2. The third-order valence-electron chi connectivity index (χ3n) is 2.94. The number of ether oxygens (including phenoxy) is 1. The molecule has 0 radical (unpaired) electrons. The maximum atomic E-state index is 9.70. The Labute approximate surface area is 117 Å². The Balaban J connectivity index is 2.01. The van der Waals surface area contributed by atoms with E-state index < -0.39 is 6.10 Å². The van der Waals surface area contributed by atoms with Crippen LogP contribution in [0.15, 0.2) is 30.6 Å². The number of hydrogen-bond donors (Lipinski definition) is 1. The van der Waals surface area contributed by atoms with Gasteiger partial charge in [0.25, 0.3) is 0 Å². The summed E-state index contributed by atoms with van der Waals surface area (Å²) in [6, 6.07) is 5.26. The lowest BCUT2D eigenvalue weighted by Crippen LogP contribution is -2.10. The van der Waals surface area contributed by atoms with Crippen molar-refractivity contribution < 1.29 is 9.84 Å². The number of imidazole rings is 1. The molecule has 1 heterocycles. The first-order valence-electron chi connectivity index (χ1n) is 6.16. The topological polar surface area (TPSA) is 47.3 Å². The van der Waals surface area contributed by atoms with Crippen LogP contribution in [0.2, 0.25) is 5.02 Å². The Morgan fingerprint density at radius 3 is 2.89 bits per heavy atom. The Morgan fingerprint density at radius 1 is 1.47 bits per heavy atom. The molecule has 19 heavy (non-hydrogen) atoms. The first-order chi connectivity index (χ1) is 9.08. The molecule has 1 aromatic heterocycles. The van der Waals surface area contributed by atoms with Crippen molar-refractivity contribution in [3.8, 4) is 5.75 Å². The Kier molecular flexibility index (Phi) is 4.45. The molecule has 1 N–H and O–H groups in total. The van der Waals surface area contributed by atoms with Crippen LogP contribution >= 0.6 is 11.6 Å². The molecular weight excluding hydrogens is 264 g/mol. The molecule has 0 saturated carbocycles. The van der Waals surface area contributed by atoms with Gasteiger partial charge in [0.1, 0.15) is 18.2 Å². The summed E-state index contributed by atoms with van der Waals surface area (Å²) in [5.74, 6) is 1.62. The van der Waals surface area contributed by atoms with E-state index in [0.29, 0.717) is 29.5 Å². The van der Waals surface area contributed by atoms with Gasteiger partial charge in [-0.3, -0.25) is 0 Å². The zero-order valence-electron chi connectivity index (χ0n) is 11.0. The van der Waals surface area contributed by atoms with E-state index in [9.17, 15) is 5.11 Å². The van der Waals surface area contributed by atoms with Gasteiger partial charge in [-0.15, -0.1) is 0 Å². The van der Waals surface area contributed by atoms with E-state index in [0.717, 1.165) is 5.82 Å². The van der Waals surface area contributed by atoms with Gasteiger partial charge in [0, 0.05) is 23.0 Å². The smallest absolute Gasteiger partial charge is 0.125 e. The van der Waals surface area contributed by atoms with Crippen molar-refractivity contribution in [3.05, 3.63) is 47.0 Å². The third kappa shape index (κ3) is 3.49. The molecular formula is C14H17ClN2O2. The number of aryl methyl sites for hydroxylation is 1. The van der Waals surface area contributed by atoms with Gasteiger partial charge in [0.2, 0.25) is 0 Å². The number of halogens is 1. The monoisotopic (exact) mass is 280 g/mol. The van der Waals surface area contributed by atoms with Gasteiger partial charge in [0.15, 0.2) is 0 Å². The summed E-state index contributed by atoms with van der Waals surface area (Å²) in [6.45, 7) is 4.87. The number of aliphatic hydroxyl groups excluding tert-OH is 1. The lowest BCUT2D eigenvalue weighted by molar-refractivity contribution is 0.190. The van der Waals surface area contributed by atoms with Crippen molar-refractivity contribution in [2.45, 2.75) is 26.5 Å². The zero-order valence-corrected chi connectivity index (χ0v) is 11.8. The van der Waals surface area contributed by atoms with Crippen LogP contribution in [0, 0.1) is 6.92 Å². The van der Waals surface area contributed by atoms with Crippen LogP contribution < -0.4 is 4.74 Å². The van der Waals surface area contributed by atoms with Gasteiger partial charge in [-0.25, -0.2) is 4.98 Å². The van der Waals surface area contributed by atoms with Crippen molar-refractivity contribution in [3.63, 3.8) is 0 Å². The zero-order chi connectivity index (χ0) is 13.8. The number of aliphatic hydroxyl groups is 1. The first kappa shape index (κ1) is 13.9. The minimum absolute atomic E-state index is 0.512. The molecule has 1 unspecified atom stereocenters. The van der Waals surface area contributed by atoms with Crippen molar-refractivity contribution in [2.24, 2.45) is 0 Å². The lowest BCUT2D eigenvalue weighted by atomic mass is 10.1. The molecule has 0 bridgehead atoms. The quantitative estimate of drug-likeness (QED) is 0.916. The summed E-state index contributed by atoms with van der Waals surface area (Å²) < 4.78 is 7.73. The van der Waals surface area contributed by atoms with Gasteiger partial charge in [0.05, 0.1) is 12.6 Å². The van der Waals surface area contributed by atoms with Crippen LogP contribution in [0.5, 0.6) is 5.75 Å². The van der Waals surface area contributed by atoms with Crippen molar-refractivity contribution in [1.29, 1.82) is 0 Å². The summed E-state index contributed by atoms with van der Waals surface area (Å²) in [5, 5.41) is 10.3. The molecule has 1 atom stereocenters. The predicted octanol–water partition coefficient (Wildman–Crippen LogP) is 2.98. The normalized spacial score (nSPS) is 12.4. The standard InChI is InChI=1S/C14H17ClN2O2/c1-10(18)13-9-12(15)3-4-14(13)19-8-7-17-6-5-16-11(17)2/h3-6,9-10,18H,7-8H2,1-2H3. The van der Waals surface area contributed by atoms with E-state index in [2.05, 4.69) is 4.98 Å². The molecule has 0 amide bonds. The SMILES string of the molecule is Cc1nccn1CCOc1ccc(Cl)cc1C(C)O. The lowest BCUT2D eigenvalue weighted by Gasteiger charge is -2.14. The molecule has 0 fully saturated rings. The largest absolute Gasteiger partial charge is 0.491 e. The van der Waals surface area contributed by atoms with Gasteiger partial charge in [-0.05, 0) is 32.0 Å². The molecule has 4 nitrogen and oxygen atoms in total. The fourth-order valence-electron chi connectivity index (χ4n) is 1.87. The van der Waals surface area contributed by atoms with Crippen molar-refractivity contribution in [1.82, 2.24) is 9.55 Å². The first-order valence-corrected chi connectivity index (χ1v) is 6.54. The van der Waals surface area contributed by atoms with E-state index >= 15 is 0 Å². The van der Waals surface area contributed by atoms with Gasteiger partial charge < -0.3 is 14.4 Å². The number of rotatable bonds is 5. The van der Waals surface area contributed by atoms with Crippen molar-refractivity contribution >= 4 is 11.6 Å². The van der Waals surface area contributed by atoms with Gasteiger partial charge >= 0.3 is 0 Å². The molecule has 2 rings (SSSR count). The highest BCUT2D eigenvalue weighted by atomic mass is 35.5. The van der Waals surface area contributed by atoms with Crippen LogP contribution in [0.3, 0.4) is 0 Å². The molecule has 5 heteroatoms. The second kappa shape index (κ2) is 6.08. The van der Waals surface area contributed by atoms with Crippen LogP contribution in [0.1, 0.15) is 24.4 Å². The van der Waals surface area contributed by atoms with Crippen LogP contribution in [-0.2, 0) is 6.54 Å². The molecule has 102 valence electrons. The van der Waals surface area contributed by atoms with E-state index in [4.69, 9.17) is 16.3 Å². The average molecular weight is 281 g/mol. The Morgan fingerprint density at radius 2 is 2.26 bits per heavy atom. The minimum atomic E-state index is -0.608. The van der Waals surface area contributed by atoms with Crippen LogP contribution in [0.4, 0.5) is 0 Å². The molecule has 0 spiro atoms. The summed E-state index contributed by atoms with van der Waals surface area (Å²) >= 11 is 5.92. The van der Waals surface area contributed by atoms with Crippen LogP contribution in [0.25, 0.3) is 0 Å². The van der Waals surface area contributed by atoms with E-state index in [1.807, 2.05) is 17.7 Å². The third-order valence-corrected chi connectivity index (χ3v) is 3.17. The van der Waals surface area contributed by atoms with E-state index in [1.165, 1.54) is 0 Å². The highest BCUT2D eigenvalue weighted by Crippen LogP contribution is 2.28.